The molecular formula is C14H13FN2O2. The Morgan fingerprint density at radius 3 is 2.74 bits per heavy atom. The second kappa shape index (κ2) is 5.48. The third-order valence-electron chi connectivity index (χ3n) is 2.79. The van der Waals surface area contributed by atoms with Crippen LogP contribution >= 0.6 is 0 Å². The van der Waals surface area contributed by atoms with Crippen LogP contribution in [0.5, 0.6) is 0 Å². The summed E-state index contributed by atoms with van der Waals surface area (Å²) in [5, 5.41) is 13.9. The van der Waals surface area contributed by atoms with Crippen molar-refractivity contribution in [1.29, 1.82) is 0 Å². The minimum atomic E-state index is -0.414. The van der Waals surface area contributed by atoms with E-state index >= 15 is 0 Å². The van der Waals surface area contributed by atoms with Crippen molar-refractivity contribution in [3.8, 4) is 0 Å². The molecule has 0 bridgehead atoms. The largest absolute Gasteiger partial charge is 0.381 e. The van der Waals surface area contributed by atoms with Crippen molar-refractivity contribution in [2.45, 2.75) is 13.5 Å². The lowest BCUT2D eigenvalue weighted by atomic mass is 10.1. The molecule has 0 unspecified atom stereocenters. The summed E-state index contributed by atoms with van der Waals surface area (Å²) in [6.45, 7) is 2.10. The van der Waals surface area contributed by atoms with E-state index in [2.05, 4.69) is 5.32 Å². The zero-order valence-electron chi connectivity index (χ0n) is 10.4. The van der Waals surface area contributed by atoms with E-state index < -0.39 is 4.92 Å². The topological polar surface area (TPSA) is 55.2 Å². The normalized spacial score (nSPS) is 10.2. The molecule has 98 valence electrons. The molecule has 0 aliphatic heterocycles. The van der Waals surface area contributed by atoms with Gasteiger partial charge in [-0.3, -0.25) is 10.1 Å². The fourth-order valence-electron chi connectivity index (χ4n) is 1.77. The summed E-state index contributed by atoms with van der Waals surface area (Å²) in [7, 11) is 0. The number of nitro groups is 1. The first kappa shape index (κ1) is 13.0. The van der Waals surface area contributed by atoms with E-state index in [1.165, 1.54) is 18.2 Å². The van der Waals surface area contributed by atoms with Gasteiger partial charge in [-0.25, -0.2) is 4.39 Å². The zero-order chi connectivity index (χ0) is 13.8. The van der Waals surface area contributed by atoms with Gasteiger partial charge in [0.15, 0.2) is 0 Å². The van der Waals surface area contributed by atoms with Gasteiger partial charge in [-0.2, -0.15) is 0 Å². The van der Waals surface area contributed by atoms with Crippen LogP contribution in [-0.2, 0) is 6.54 Å². The van der Waals surface area contributed by atoms with Crippen LogP contribution in [0.15, 0.2) is 42.5 Å². The maximum atomic E-state index is 13.0. The molecule has 0 aliphatic carbocycles. The van der Waals surface area contributed by atoms with Crippen LogP contribution in [0, 0.1) is 22.9 Å². The summed E-state index contributed by atoms with van der Waals surface area (Å²) >= 11 is 0. The number of halogens is 1. The van der Waals surface area contributed by atoms with Crippen molar-refractivity contribution in [2.75, 3.05) is 5.32 Å². The van der Waals surface area contributed by atoms with Gasteiger partial charge in [0.1, 0.15) is 5.82 Å². The summed E-state index contributed by atoms with van der Waals surface area (Å²) in [5.41, 5.74) is 2.11. The highest BCUT2D eigenvalue weighted by Crippen LogP contribution is 2.22. The lowest BCUT2D eigenvalue weighted by Gasteiger charge is -2.07. The van der Waals surface area contributed by atoms with Gasteiger partial charge in [-0.15, -0.1) is 0 Å². The van der Waals surface area contributed by atoms with Crippen LogP contribution < -0.4 is 5.32 Å². The molecular weight excluding hydrogens is 247 g/mol. The van der Waals surface area contributed by atoms with E-state index in [4.69, 9.17) is 0 Å². The average molecular weight is 260 g/mol. The van der Waals surface area contributed by atoms with Crippen molar-refractivity contribution in [2.24, 2.45) is 0 Å². The minimum absolute atomic E-state index is 0.0734. The van der Waals surface area contributed by atoms with Crippen LogP contribution in [0.1, 0.15) is 11.1 Å². The molecule has 19 heavy (non-hydrogen) atoms. The quantitative estimate of drug-likeness (QED) is 0.674. The van der Waals surface area contributed by atoms with Crippen LogP contribution in [-0.4, -0.2) is 4.92 Å². The van der Waals surface area contributed by atoms with E-state index in [1.54, 1.807) is 31.2 Å². The molecule has 0 atom stereocenters. The summed E-state index contributed by atoms with van der Waals surface area (Å²) in [6, 6.07) is 11.2. The molecule has 5 heteroatoms. The summed E-state index contributed by atoms with van der Waals surface area (Å²) in [5.74, 6) is -0.297. The number of rotatable bonds is 4. The van der Waals surface area contributed by atoms with E-state index in [0.717, 1.165) is 5.56 Å². The van der Waals surface area contributed by atoms with Gasteiger partial charge in [0.25, 0.3) is 5.69 Å². The third-order valence-corrected chi connectivity index (χ3v) is 2.79. The highest BCUT2D eigenvalue weighted by atomic mass is 19.1. The fourth-order valence-corrected chi connectivity index (χ4v) is 1.77. The molecule has 0 heterocycles. The van der Waals surface area contributed by atoms with Gasteiger partial charge in [0, 0.05) is 23.9 Å². The van der Waals surface area contributed by atoms with Crippen molar-refractivity contribution in [3.63, 3.8) is 0 Å². The van der Waals surface area contributed by atoms with E-state index in [9.17, 15) is 14.5 Å². The Bertz CT molecular complexity index is 614. The first-order chi connectivity index (χ1) is 9.06. The molecule has 0 fully saturated rings. The Hall–Kier alpha value is -2.43. The number of nitrogens with zero attached hydrogens (tertiary/aromatic N) is 1. The van der Waals surface area contributed by atoms with E-state index in [-0.39, 0.29) is 11.5 Å². The van der Waals surface area contributed by atoms with Crippen molar-refractivity contribution < 1.29 is 9.31 Å². The predicted molar refractivity (Wildman–Crippen MR) is 71.6 cm³/mol. The molecule has 0 spiro atoms. The number of nitro benzene ring substituents is 1. The second-order valence-corrected chi connectivity index (χ2v) is 4.24. The molecule has 0 aromatic heterocycles. The summed E-state index contributed by atoms with van der Waals surface area (Å²) < 4.78 is 13.0. The Kier molecular flexibility index (Phi) is 3.75. The standard InChI is InChI=1S/C14H13FN2O2/c1-10-5-6-13(8-14(10)17(18)19)16-9-11-3-2-4-12(15)7-11/h2-8,16H,9H2,1H3. The molecule has 0 amide bonds. The predicted octanol–water partition coefficient (Wildman–Crippen LogP) is 3.65. The first-order valence-corrected chi connectivity index (χ1v) is 5.79. The Morgan fingerprint density at radius 1 is 1.26 bits per heavy atom. The molecule has 0 radical (unpaired) electrons. The summed E-state index contributed by atoms with van der Waals surface area (Å²) in [6.07, 6.45) is 0. The SMILES string of the molecule is Cc1ccc(NCc2cccc(F)c2)cc1[N+](=O)[O-]. The minimum Gasteiger partial charge on any atom is -0.381 e. The second-order valence-electron chi connectivity index (χ2n) is 4.24. The van der Waals surface area contributed by atoms with Crippen LogP contribution in [0.2, 0.25) is 0 Å². The van der Waals surface area contributed by atoms with Crippen molar-refractivity contribution >= 4 is 11.4 Å². The monoisotopic (exact) mass is 260 g/mol. The lowest BCUT2D eigenvalue weighted by molar-refractivity contribution is -0.385. The molecule has 2 aromatic rings. The maximum absolute atomic E-state index is 13.0. The van der Waals surface area contributed by atoms with Gasteiger partial charge in [-0.05, 0) is 30.7 Å². The van der Waals surface area contributed by atoms with Crippen molar-refractivity contribution in [1.82, 2.24) is 0 Å². The first-order valence-electron chi connectivity index (χ1n) is 5.79. The molecule has 2 aromatic carbocycles. The zero-order valence-corrected chi connectivity index (χ0v) is 10.4. The van der Waals surface area contributed by atoms with Gasteiger partial charge >= 0.3 is 0 Å². The number of hydrogen-bond donors (Lipinski definition) is 1. The number of nitrogens with one attached hydrogen (secondary N) is 1. The Labute approximate surface area is 110 Å². The highest BCUT2D eigenvalue weighted by Gasteiger charge is 2.10. The molecule has 0 aliphatic rings. The van der Waals surface area contributed by atoms with E-state index in [1.807, 2.05) is 0 Å². The number of benzene rings is 2. The van der Waals surface area contributed by atoms with E-state index in [0.29, 0.717) is 17.8 Å². The number of hydrogen-bond acceptors (Lipinski definition) is 3. The summed E-state index contributed by atoms with van der Waals surface area (Å²) in [4.78, 5) is 10.4. The average Bonchev–Trinajstić information content (AvgIpc) is 2.37. The van der Waals surface area contributed by atoms with Crippen LogP contribution in [0.4, 0.5) is 15.8 Å². The van der Waals surface area contributed by atoms with Gasteiger partial charge in [-0.1, -0.05) is 18.2 Å². The molecule has 0 saturated heterocycles. The molecule has 4 nitrogen and oxygen atoms in total. The number of anilines is 1. The van der Waals surface area contributed by atoms with Crippen molar-refractivity contribution in [3.05, 3.63) is 69.5 Å². The smallest absolute Gasteiger partial charge is 0.274 e. The number of aryl methyl sites for hydroxylation is 1. The molecule has 2 rings (SSSR count). The fraction of sp³-hybridized carbons (Fsp3) is 0.143. The maximum Gasteiger partial charge on any atom is 0.274 e. The van der Waals surface area contributed by atoms with Gasteiger partial charge < -0.3 is 5.32 Å². The van der Waals surface area contributed by atoms with Crippen LogP contribution in [0.3, 0.4) is 0 Å². The lowest BCUT2D eigenvalue weighted by Crippen LogP contribution is -2.01. The van der Waals surface area contributed by atoms with Gasteiger partial charge in [0.2, 0.25) is 0 Å². The Balaban J connectivity index is 2.12. The van der Waals surface area contributed by atoms with Crippen LogP contribution in [0.25, 0.3) is 0 Å². The van der Waals surface area contributed by atoms with Gasteiger partial charge in [0.05, 0.1) is 4.92 Å². The molecule has 1 N–H and O–H groups in total. The highest BCUT2D eigenvalue weighted by molar-refractivity contribution is 5.55. The third kappa shape index (κ3) is 3.28. The molecule has 0 saturated carbocycles. The Morgan fingerprint density at radius 2 is 2.05 bits per heavy atom.